The molecule has 0 fully saturated rings. The van der Waals surface area contributed by atoms with Crippen molar-refractivity contribution in [3.8, 4) is 0 Å². The Hall–Kier alpha value is -2.75. The number of carbonyl (C=O) groups is 1. The van der Waals surface area contributed by atoms with Gasteiger partial charge >= 0.3 is 0 Å². The van der Waals surface area contributed by atoms with Gasteiger partial charge in [-0.25, -0.2) is 13.8 Å². The van der Waals surface area contributed by atoms with Gasteiger partial charge in [0.25, 0.3) is 5.91 Å². The van der Waals surface area contributed by atoms with Crippen molar-refractivity contribution >= 4 is 27.8 Å². The number of hydrazone groups is 1. The van der Waals surface area contributed by atoms with Crippen molar-refractivity contribution in [3.05, 3.63) is 59.7 Å². The molecule has 2 N–H and O–H groups in total. The number of rotatable bonds is 9. The van der Waals surface area contributed by atoms with E-state index in [-0.39, 0.29) is 18.0 Å². The predicted molar refractivity (Wildman–Crippen MR) is 114 cm³/mol. The number of nitrogens with zero attached hydrogens (tertiary/aromatic N) is 3. The lowest BCUT2D eigenvalue weighted by molar-refractivity contribution is -0.121. The molecule has 0 aromatic heterocycles. The van der Waals surface area contributed by atoms with Crippen LogP contribution in [0.2, 0.25) is 0 Å². The Morgan fingerprint density at radius 1 is 1.10 bits per heavy atom. The van der Waals surface area contributed by atoms with E-state index >= 15 is 0 Å². The Kier molecular flexibility index (Phi) is 7.89. The topological polar surface area (TPSA) is 102 Å². The number of carbonyl (C=O) groups excluding carboxylic acids is 1. The third kappa shape index (κ3) is 6.38. The van der Waals surface area contributed by atoms with Gasteiger partial charge in [-0.15, -0.1) is 0 Å². The normalized spacial score (nSPS) is 11.8. The summed E-state index contributed by atoms with van der Waals surface area (Å²) in [6.45, 7) is 2.12. The summed E-state index contributed by atoms with van der Waals surface area (Å²) in [5.74, 6) is -0.543. The standard InChI is InChI=1S/C20H26N4O4S/c1-16-4-10-19(11-5-16)29(27,28)24(3)15-20(26)22-21-14-17-6-8-18(9-7-17)23(2)12-13-25/h4-11,14,25H,12-13,15H2,1-3H3,(H,22,26). The highest BCUT2D eigenvalue weighted by molar-refractivity contribution is 7.89. The van der Waals surface area contributed by atoms with Crippen molar-refractivity contribution in [2.45, 2.75) is 11.8 Å². The average Bonchev–Trinajstić information content (AvgIpc) is 2.69. The highest BCUT2D eigenvalue weighted by atomic mass is 32.2. The zero-order chi connectivity index (χ0) is 21.4. The molecule has 29 heavy (non-hydrogen) atoms. The number of anilines is 1. The predicted octanol–water partition coefficient (Wildman–Crippen LogP) is 1.19. The molecule has 0 saturated carbocycles. The number of likely N-dealkylation sites (N-methyl/N-ethyl adjacent to an activating group) is 2. The Balaban J connectivity index is 1.91. The van der Waals surface area contributed by atoms with Crippen LogP contribution in [0.25, 0.3) is 0 Å². The van der Waals surface area contributed by atoms with Gasteiger partial charge in [-0.1, -0.05) is 29.8 Å². The van der Waals surface area contributed by atoms with E-state index in [1.807, 2.05) is 43.1 Å². The number of nitrogens with one attached hydrogen (secondary N) is 1. The average molecular weight is 419 g/mol. The Labute approximate surface area is 171 Å². The van der Waals surface area contributed by atoms with Crippen molar-refractivity contribution in [2.75, 3.05) is 38.7 Å². The summed E-state index contributed by atoms with van der Waals surface area (Å²) in [4.78, 5) is 14.1. The van der Waals surface area contributed by atoms with Gasteiger partial charge in [0.05, 0.1) is 24.3 Å². The lowest BCUT2D eigenvalue weighted by atomic mass is 10.2. The van der Waals surface area contributed by atoms with Crippen molar-refractivity contribution < 1.29 is 18.3 Å². The van der Waals surface area contributed by atoms with Crippen LogP contribution in [0.5, 0.6) is 0 Å². The van der Waals surface area contributed by atoms with Crippen molar-refractivity contribution in [1.29, 1.82) is 0 Å². The van der Waals surface area contributed by atoms with Crippen LogP contribution in [0.4, 0.5) is 5.69 Å². The molecule has 0 radical (unpaired) electrons. The van der Waals surface area contributed by atoms with E-state index in [9.17, 15) is 13.2 Å². The molecule has 0 aliphatic heterocycles. The molecule has 2 aromatic carbocycles. The van der Waals surface area contributed by atoms with E-state index in [0.717, 1.165) is 21.1 Å². The summed E-state index contributed by atoms with van der Waals surface area (Å²) >= 11 is 0. The molecular weight excluding hydrogens is 392 g/mol. The maximum atomic E-state index is 12.5. The van der Waals surface area contributed by atoms with E-state index in [4.69, 9.17) is 5.11 Å². The van der Waals surface area contributed by atoms with Gasteiger partial charge in [0.1, 0.15) is 0 Å². The maximum Gasteiger partial charge on any atom is 0.255 e. The van der Waals surface area contributed by atoms with Gasteiger partial charge in [0.15, 0.2) is 0 Å². The summed E-state index contributed by atoms with van der Waals surface area (Å²) in [7, 11) is -0.525. The fourth-order valence-corrected chi connectivity index (χ4v) is 3.61. The molecule has 8 nitrogen and oxygen atoms in total. The minimum atomic E-state index is -3.75. The van der Waals surface area contributed by atoms with Crippen LogP contribution in [-0.4, -0.2) is 63.7 Å². The highest BCUT2D eigenvalue weighted by Crippen LogP contribution is 2.15. The van der Waals surface area contributed by atoms with Crippen molar-refractivity contribution in [3.63, 3.8) is 0 Å². The molecule has 0 saturated heterocycles. The second kappa shape index (κ2) is 10.1. The minimum absolute atomic E-state index is 0.0693. The SMILES string of the molecule is Cc1ccc(S(=O)(=O)N(C)CC(=O)NN=Cc2ccc(N(C)CCO)cc2)cc1. The third-order valence-corrected chi connectivity index (χ3v) is 6.09. The van der Waals surface area contributed by atoms with E-state index < -0.39 is 15.9 Å². The highest BCUT2D eigenvalue weighted by Gasteiger charge is 2.22. The molecule has 0 unspecified atom stereocenters. The molecular formula is C20H26N4O4S. The van der Waals surface area contributed by atoms with E-state index in [1.54, 1.807) is 12.1 Å². The van der Waals surface area contributed by atoms with Gasteiger partial charge in [0.2, 0.25) is 10.0 Å². The zero-order valence-corrected chi connectivity index (χ0v) is 17.6. The van der Waals surface area contributed by atoms with Crippen molar-refractivity contribution in [2.24, 2.45) is 5.10 Å². The molecule has 0 atom stereocenters. The summed E-state index contributed by atoms with van der Waals surface area (Å²) in [6, 6.07) is 13.8. The van der Waals surface area contributed by atoms with Gasteiger partial charge in [-0.2, -0.15) is 9.41 Å². The quantitative estimate of drug-likeness (QED) is 0.471. The van der Waals surface area contributed by atoms with E-state index in [2.05, 4.69) is 10.5 Å². The molecule has 0 aliphatic carbocycles. The summed E-state index contributed by atoms with van der Waals surface area (Å²) in [5.41, 5.74) is 5.00. The number of benzene rings is 2. The molecule has 0 spiro atoms. The van der Waals surface area contributed by atoms with Crippen LogP contribution in [0, 0.1) is 6.92 Å². The van der Waals surface area contributed by atoms with Crippen LogP contribution in [0.1, 0.15) is 11.1 Å². The van der Waals surface area contributed by atoms with Crippen LogP contribution in [0.3, 0.4) is 0 Å². The maximum absolute atomic E-state index is 12.5. The molecule has 1 amide bonds. The molecule has 0 aliphatic rings. The largest absolute Gasteiger partial charge is 0.395 e. The lowest BCUT2D eigenvalue weighted by Gasteiger charge is -2.17. The van der Waals surface area contributed by atoms with Gasteiger partial charge < -0.3 is 10.0 Å². The molecule has 0 bridgehead atoms. The zero-order valence-electron chi connectivity index (χ0n) is 16.7. The van der Waals surface area contributed by atoms with Gasteiger partial charge in [-0.05, 0) is 36.8 Å². The first-order valence-corrected chi connectivity index (χ1v) is 10.4. The molecule has 2 aromatic rings. The molecule has 2 rings (SSSR count). The smallest absolute Gasteiger partial charge is 0.255 e. The number of amides is 1. The summed E-state index contributed by atoms with van der Waals surface area (Å²) < 4.78 is 26.0. The fraction of sp³-hybridized carbons (Fsp3) is 0.300. The number of aliphatic hydroxyl groups is 1. The number of hydrogen-bond donors (Lipinski definition) is 2. The Morgan fingerprint density at radius 2 is 1.72 bits per heavy atom. The van der Waals surface area contributed by atoms with Crippen LogP contribution in [-0.2, 0) is 14.8 Å². The van der Waals surface area contributed by atoms with E-state index in [1.165, 1.54) is 25.4 Å². The van der Waals surface area contributed by atoms with Crippen LogP contribution < -0.4 is 10.3 Å². The first-order chi connectivity index (χ1) is 13.7. The molecule has 9 heteroatoms. The second-order valence-electron chi connectivity index (χ2n) is 6.60. The summed E-state index contributed by atoms with van der Waals surface area (Å²) in [5, 5.41) is 12.8. The van der Waals surface area contributed by atoms with Crippen LogP contribution in [0.15, 0.2) is 58.5 Å². The second-order valence-corrected chi connectivity index (χ2v) is 8.65. The fourth-order valence-electron chi connectivity index (χ4n) is 2.49. The monoisotopic (exact) mass is 418 g/mol. The third-order valence-electron chi connectivity index (χ3n) is 4.27. The number of sulfonamides is 1. The Bertz CT molecular complexity index is 941. The minimum Gasteiger partial charge on any atom is -0.395 e. The van der Waals surface area contributed by atoms with Crippen molar-refractivity contribution in [1.82, 2.24) is 9.73 Å². The first kappa shape index (κ1) is 22.5. The lowest BCUT2D eigenvalue weighted by Crippen LogP contribution is -2.36. The molecule has 0 heterocycles. The Morgan fingerprint density at radius 3 is 2.31 bits per heavy atom. The molecule has 156 valence electrons. The number of aliphatic hydroxyl groups excluding tert-OH is 1. The number of hydrogen-bond acceptors (Lipinski definition) is 6. The summed E-state index contributed by atoms with van der Waals surface area (Å²) in [6.07, 6.45) is 1.47. The number of aryl methyl sites for hydroxylation is 1. The van der Waals surface area contributed by atoms with Gasteiger partial charge in [-0.3, -0.25) is 4.79 Å². The van der Waals surface area contributed by atoms with E-state index in [0.29, 0.717) is 6.54 Å². The first-order valence-electron chi connectivity index (χ1n) is 9.01. The van der Waals surface area contributed by atoms with Crippen LogP contribution >= 0.6 is 0 Å². The van der Waals surface area contributed by atoms with Gasteiger partial charge in [0, 0.05) is 26.3 Å².